The van der Waals surface area contributed by atoms with Crippen LogP contribution in [0.4, 0.5) is 0 Å². The van der Waals surface area contributed by atoms with Gasteiger partial charge < -0.3 is 9.47 Å². The van der Waals surface area contributed by atoms with Crippen LogP contribution in [-0.2, 0) is 14.3 Å². The minimum Gasteiger partial charge on any atom is -0.494 e. The van der Waals surface area contributed by atoms with E-state index in [1.807, 2.05) is 13.8 Å². The number of allylic oxidation sites excluding steroid dienone is 1. The number of hydrogen-bond acceptors (Lipinski definition) is 3. The molecule has 0 amide bonds. The van der Waals surface area contributed by atoms with E-state index in [1.54, 1.807) is 0 Å². The van der Waals surface area contributed by atoms with Gasteiger partial charge in [0.1, 0.15) is 11.9 Å². The van der Waals surface area contributed by atoms with Gasteiger partial charge in [-0.3, -0.25) is 0 Å². The highest BCUT2D eigenvalue weighted by atomic mass is 16.5. The molecule has 0 spiro atoms. The van der Waals surface area contributed by atoms with Crippen molar-refractivity contribution in [2.75, 3.05) is 0 Å². The first-order valence-electron chi connectivity index (χ1n) is 6.23. The van der Waals surface area contributed by atoms with E-state index in [4.69, 9.17) is 9.47 Å². The highest BCUT2D eigenvalue weighted by molar-refractivity contribution is 5.82. The molecule has 2 aliphatic rings. The maximum Gasteiger partial charge on any atom is 0.334 e. The number of rotatable bonds is 2. The second-order valence-corrected chi connectivity index (χ2v) is 5.00. The number of carbonyl (C=O) groups is 1. The maximum absolute atomic E-state index is 11.4. The van der Waals surface area contributed by atoms with Crippen LogP contribution in [0.15, 0.2) is 11.8 Å². The number of carbonyl (C=O) groups excluding carboxylic acids is 1. The van der Waals surface area contributed by atoms with E-state index >= 15 is 0 Å². The zero-order valence-electron chi connectivity index (χ0n) is 10.1. The lowest BCUT2D eigenvalue weighted by atomic mass is 9.86. The fourth-order valence-corrected chi connectivity index (χ4v) is 2.55. The summed E-state index contributed by atoms with van der Waals surface area (Å²) in [7, 11) is 0. The lowest BCUT2D eigenvalue weighted by Crippen LogP contribution is -2.19. The second kappa shape index (κ2) is 4.89. The summed E-state index contributed by atoms with van der Waals surface area (Å²) in [5.41, 5.74) is 0. The third-order valence-corrected chi connectivity index (χ3v) is 3.24. The predicted octanol–water partition coefficient (Wildman–Crippen LogP) is 2.80. The lowest BCUT2D eigenvalue weighted by molar-refractivity contribution is -0.141. The molecule has 16 heavy (non-hydrogen) atoms. The van der Waals surface area contributed by atoms with Crippen molar-refractivity contribution in [3.8, 4) is 0 Å². The first-order chi connectivity index (χ1) is 7.65. The number of fused-ring (bicyclic) bond motifs is 1. The van der Waals surface area contributed by atoms with Gasteiger partial charge in [-0.1, -0.05) is 6.42 Å². The van der Waals surface area contributed by atoms with Gasteiger partial charge >= 0.3 is 5.97 Å². The summed E-state index contributed by atoms with van der Waals surface area (Å²) in [5, 5.41) is 0. The predicted molar refractivity (Wildman–Crippen MR) is 60.8 cm³/mol. The van der Waals surface area contributed by atoms with Gasteiger partial charge in [0.25, 0.3) is 0 Å². The zero-order chi connectivity index (χ0) is 11.5. The molecular weight excluding hydrogens is 204 g/mol. The van der Waals surface area contributed by atoms with Crippen LogP contribution in [-0.4, -0.2) is 18.2 Å². The Labute approximate surface area is 96.8 Å². The summed E-state index contributed by atoms with van der Waals surface area (Å²) in [6.07, 6.45) is 7.66. The van der Waals surface area contributed by atoms with Crippen molar-refractivity contribution in [1.29, 1.82) is 0 Å². The van der Waals surface area contributed by atoms with Crippen molar-refractivity contribution in [2.45, 2.75) is 58.2 Å². The topological polar surface area (TPSA) is 35.5 Å². The third kappa shape index (κ3) is 2.77. The molecular formula is C13H20O3. The van der Waals surface area contributed by atoms with Gasteiger partial charge in [0.05, 0.1) is 12.2 Å². The van der Waals surface area contributed by atoms with Crippen molar-refractivity contribution in [1.82, 2.24) is 0 Å². The Bertz CT molecular complexity index is 278. The Balaban J connectivity index is 1.91. The van der Waals surface area contributed by atoms with Gasteiger partial charge in [-0.2, -0.15) is 0 Å². The van der Waals surface area contributed by atoms with E-state index in [9.17, 15) is 4.79 Å². The first kappa shape index (κ1) is 11.5. The molecule has 3 nitrogen and oxygen atoms in total. The highest BCUT2D eigenvalue weighted by Gasteiger charge is 2.34. The van der Waals surface area contributed by atoms with Crippen LogP contribution >= 0.6 is 0 Å². The monoisotopic (exact) mass is 224 g/mol. The minimum absolute atomic E-state index is 0.0620. The van der Waals surface area contributed by atoms with Crippen molar-refractivity contribution in [2.24, 2.45) is 5.92 Å². The van der Waals surface area contributed by atoms with Crippen LogP contribution in [0, 0.1) is 5.92 Å². The molecule has 90 valence electrons. The van der Waals surface area contributed by atoms with Crippen molar-refractivity contribution < 1.29 is 14.3 Å². The summed E-state index contributed by atoms with van der Waals surface area (Å²) in [6.45, 7) is 3.71. The molecule has 0 aromatic rings. The average Bonchev–Trinajstić information content (AvgIpc) is 2.57. The van der Waals surface area contributed by atoms with Gasteiger partial charge in [0.2, 0.25) is 0 Å². The Morgan fingerprint density at radius 2 is 2.19 bits per heavy atom. The van der Waals surface area contributed by atoms with Gasteiger partial charge in [-0.15, -0.1) is 0 Å². The Kier molecular flexibility index (Phi) is 3.52. The molecule has 0 N–H and O–H groups in total. The van der Waals surface area contributed by atoms with E-state index in [2.05, 4.69) is 0 Å². The van der Waals surface area contributed by atoms with Gasteiger partial charge in [-0.05, 0) is 33.1 Å². The average molecular weight is 224 g/mol. The maximum atomic E-state index is 11.4. The third-order valence-electron chi connectivity index (χ3n) is 3.24. The van der Waals surface area contributed by atoms with Crippen LogP contribution in [0.3, 0.4) is 0 Å². The summed E-state index contributed by atoms with van der Waals surface area (Å²) in [5.74, 6) is 1.18. The van der Waals surface area contributed by atoms with E-state index < -0.39 is 0 Å². The summed E-state index contributed by atoms with van der Waals surface area (Å²) >= 11 is 0. The van der Waals surface area contributed by atoms with E-state index in [0.29, 0.717) is 12.0 Å². The molecule has 0 radical (unpaired) electrons. The minimum atomic E-state index is -0.274. The summed E-state index contributed by atoms with van der Waals surface area (Å²) in [4.78, 5) is 11.4. The van der Waals surface area contributed by atoms with Crippen LogP contribution in [0.5, 0.6) is 0 Å². The largest absolute Gasteiger partial charge is 0.494 e. The SMILES string of the molecule is CC(C)OC(=O)/C=C1/C[C@@H]2CCCC[C@H]2O1. The summed E-state index contributed by atoms with van der Waals surface area (Å²) < 4.78 is 10.8. The molecule has 1 aliphatic carbocycles. The molecule has 1 heterocycles. The molecule has 1 aliphatic heterocycles. The van der Waals surface area contributed by atoms with Crippen LogP contribution in [0.1, 0.15) is 46.0 Å². The molecule has 0 unspecified atom stereocenters. The van der Waals surface area contributed by atoms with Crippen molar-refractivity contribution in [3.63, 3.8) is 0 Å². The highest BCUT2D eigenvalue weighted by Crippen LogP contribution is 2.38. The normalized spacial score (nSPS) is 31.3. The fraction of sp³-hybridized carbons (Fsp3) is 0.769. The van der Waals surface area contributed by atoms with Gasteiger partial charge in [-0.25, -0.2) is 4.79 Å². The van der Waals surface area contributed by atoms with Gasteiger partial charge in [0.15, 0.2) is 0 Å². The Morgan fingerprint density at radius 3 is 2.88 bits per heavy atom. The quantitative estimate of drug-likeness (QED) is 0.534. The molecule has 3 heteroatoms. The Hall–Kier alpha value is -0.990. The molecule has 1 saturated carbocycles. The van der Waals surface area contributed by atoms with Crippen LogP contribution in [0.2, 0.25) is 0 Å². The van der Waals surface area contributed by atoms with E-state index in [0.717, 1.165) is 18.6 Å². The fourth-order valence-electron chi connectivity index (χ4n) is 2.55. The van der Waals surface area contributed by atoms with Crippen molar-refractivity contribution in [3.05, 3.63) is 11.8 Å². The summed E-state index contributed by atoms with van der Waals surface area (Å²) in [6, 6.07) is 0. The smallest absolute Gasteiger partial charge is 0.334 e. The number of ether oxygens (including phenoxy) is 2. The van der Waals surface area contributed by atoms with Crippen LogP contribution in [0.25, 0.3) is 0 Å². The zero-order valence-corrected chi connectivity index (χ0v) is 10.1. The first-order valence-corrected chi connectivity index (χ1v) is 6.23. The van der Waals surface area contributed by atoms with E-state index in [-0.39, 0.29) is 12.1 Å². The number of hydrogen-bond donors (Lipinski definition) is 0. The molecule has 2 fully saturated rings. The van der Waals surface area contributed by atoms with Gasteiger partial charge in [0, 0.05) is 12.3 Å². The standard InChI is InChI=1S/C13H20O3/c1-9(2)15-13(14)8-11-7-10-5-3-4-6-12(10)16-11/h8-10,12H,3-7H2,1-2H3/b11-8-/t10-,12+/m0/s1. The second-order valence-electron chi connectivity index (χ2n) is 5.00. The molecule has 0 aromatic heterocycles. The van der Waals surface area contributed by atoms with Crippen LogP contribution < -0.4 is 0 Å². The van der Waals surface area contributed by atoms with Crippen molar-refractivity contribution >= 4 is 5.97 Å². The molecule has 1 saturated heterocycles. The molecule has 0 aromatic carbocycles. The lowest BCUT2D eigenvalue weighted by Gasteiger charge is -2.22. The molecule has 2 rings (SSSR count). The molecule has 2 atom stereocenters. The number of esters is 1. The van der Waals surface area contributed by atoms with E-state index in [1.165, 1.54) is 25.3 Å². The Morgan fingerprint density at radius 1 is 1.44 bits per heavy atom. The molecule has 0 bridgehead atoms.